The molecule has 0 spiro atoms. The molecule has 0 rings (SSSR count). The second-order valence-electron chi connectivity index (χ2n) is 6.94. The van der Waals surface area contributed by atoms with Crippen LogP contribution in [0, 0.1) is 0 Å². The molecule has 0 aromatic rings. The van der Waals surface area contributed by atoms with Gasteiger partial charge in [0, 0.05) is 4.50 Å². The van der Waals surface area contributed by atoms with Gasteiger partial charge >= 0.3 is 0 Å². The second-order valence-corrected chi connectivity index (χ2v) is 13.1. The van der Waals surface area contributed by atoms with Gasteiger partial charge in [0.15, 0.2) is 0 Å². The first-order valence-electron chi connectivity index (χ1n) is 9.18. The van der Waals surface area contributed by atoms with Crippen LogP contribution in [0.3, 0.4) is 0 Å². The van der Waals surface area contributed by atoms with E-state index in [1.165, 1.54) is 76.3 Å². The van der Waals surface area contributed by atoms with Crippen molar-refractivity contribution in [1.82, 2.24) is 0 Å². The number of unbranched alkanes of at least 4 members (excludes halogenated alkanes) is 4. The van der Waals surface area contributed by atoms with Crippen molar-refractivity contribution in [1.29, 1.82) is 0 Å². The molecule has 0 amide bonds. The maximum Gasteiger partial charge on any atom is 0.0748 e. The lowest BCUT2D eigenvalue weighted by molar-refractivity contribution is 0.542. The Morgan fingerprint density at radius 3 is 1.35 bits per heavy atom. The first-order chi connectivity index (χ1) is 9.49. The molecular weight excluding hydrogens is 280 g/mol. The summed E-state index contributed by atoms with van der Waals surface area (Å²) in [7, 11) is -1.35. The molecule has 0 radical (unpaired) electrons. The molecule has 0 fully saturated rings. The van der Waals surface area contributed by atoms with Crippen LogP contribution in [0.15, 0.2) is 0 Å². The normalized spacial score (nSPS) is 12.9. The third-order valence-electron chi connectivity index (χ3n) is 5.10. The molecule has 0 aliphatic rings. The molecule has 0 nitrogen and oxygen atoms in total. The average Bonchev–Trinajstić information content (AvgIpc) is 2.46. The quantitative estimate of drug-likeness (QED) is 0.243. The minimum absolute atomic E-state index is 0.170. The molecule has 0 atom stereocenters. The zero-order chi connectivity index (χ0) is 15.5. The maximum atomic E-state index is 7.34. The van der Waals surface area contributed by atoms with E-state index in [1.54, 1.807) is 0 Å². The third-order valence-corrected chi connectivity index (χ3v) is 12.4. The summed E-state index contributed by atoms with van der Waals surface area (Å²) in [5, 5.41) is 0. The first kappa shape index (κ1) is 20.5. The van der Waals surface area contributed by atoms with Gasteiger partial charge in [0.25, 0.3) is 0 Å². The first-order valence-corrected chi connectivity index (χ1v) is 12.5. The Morgan fingerprint density at radius 2 is 1.05 bits per heavy atom. The van der Waals surface area contributed by atoms with E-state index in [9.17, 15) is 0 Å². The summed E-state index contributed by atoms with van der Waals surface area (Å²) >= 11 is 7.34. The predicted octanol–water partition coefficient (Wildman–Crippen LogP) is 7.56. The zero-order valence-electron chi connectivity index (χ0n) is 14.9. The number of hydrogen-bond donors (Lipinski definition) is 0. The standard InChI is InChI=1S/C18H39ClSi/c1-6-10-14-18(19,15-11-7-2)20(5,16-12-8-3)17-13-9-4/h6-17H2,1-5H3. The molecular formula is C18H39ClSi. The maximum absolute atomic E-state index is 7.34. The van der Waals surface area contributed by atoms with Crippen LogP contribution >= 0.6 is 11.6 Å². The monoisotopic (exact) mass is 318 g/mol. The Hall–Kier alpha value is 0.507. The molecule has 0 unspecified atom stereocenters. The van der Waals surface area contributed by atoms with Crippen molar-refractivity contribution in [2.24, 2.45) is 0 Å². The van der Waals surface area contributed by atoms with E-state index in [1.807, 2.05) is 0 Å². The molecule has 0 aromatic carbocycles. The summed E-state index contributed by atoms with van der Waals surface area (Å²) < 4.78 is 0.170. The fourth-order valence-electron chi connectivity index (χ4n) is 3.35. The average molecular weight is 319 g/mol. The van der Waals surface area contributed by atoms with Crippen molar-refractivity contribution < 1.29 is 0 Å². The van der Waals surface area contributed by atoms with Crippen molar-refractivity contribution in [2.45, 2.75) is 115 Å². The van der Waals surface area contributed by atoms with Crippen LogP contribution in [-0.2, 0) is 0 Å². The third kappa shape index (κ3) is 6.51. The lowest BCUT2D eigenvalue weighted by Gasteiger charge is -2.44. The second kappa shape index (κ2) is 11.1. The molecule has 0 N–H and O–H groups in total. The van der Waals surface area contributed by atoms with Crippen LogP contribution in [0.5, 0.6) is 0 Å². The highest BCUT2D eigenvalue weighted by Gasteiger charge is 2.46. The topological polar surface area (TPSA) is 0 Å². The van der Waals surface area contributed by atoms with Crippen LogP contribution in [0.25, 0.3) is 0 Å². The van der Waals surface area contributed by atoms with Gasteiger partial charge in [-0.05, 0) is 12.8 Å². The SMILES string of the molecule is CCCCC(Cl)(CCCC)[Si](C)(CCCC)CCCC. The van der Waals surface area contributed by atoms with Crippen molar-refractivity contribution >= 4 is 19.7 Å². The fourth-order valence-corrected chi connectivity index (χ4v) is 9.16. The van der Waals surface area contributed by atoms with Gasteiger partial charge in [0.05, 0.1) is 8.07 Å². The Balaban J connectivity index is 5.02. The van der Waals surface area contributed by atoms with Crippen LogP contribution in [0.1, 0.15) is 91.9 Å². The molecule has 2 heteroatoms. The molecule has 0 aliphatic heterocycles. The van der Waals surface area contributed by atoms with Gasteiger partial charge in [-0.2, -0.15) is 0 Å². The summed E-state index contributed by atoms with van der Waals surface area (Å²) in [4.78, 5) is 0. The van der Waals surface area contributed by atoms with Gasteiger partial charge in [0.2, 0.25) is 0 Å². The predicted molar refractivity (Wildman–Crippen MR) is 98.7 cm³/mol. The molecule has 0 bridgehead atoms. The van der Waals surface area contributed by atoms with E-state index < -0.39 is 8.07 Å². The Labute approximate surface area is 135 Å². The van der Waals surface area contributed by atoms with Crippen LogP contribution in [-0.4, -0.2) is 12.6 Å². The van der Waals surface area contributed by atoms with Crippen molar-refractivity contribution in [3.8, 4) is 0 Å². The molecule has 122 valence electrons. The van der Waals surface area contributed by atoms with E-state index in [0.717, 1.165) is 0 Å². The van der Waals surface area contributed by atoms with Crippen molar-refractivity contribution in [3.63, 3.8) is 0 Å². The summed E-state index contributed by atoms with van der Waals surface area (Å²) in [6, 6.07) is 2.89. The van der Waals surface area contributed by atoms with Gasteiger partial charge < -0.3 is 0 Å². The Kier molecular flexibility index (Phi) is 11.4. The number of hydrogen-bond acceptors (Lipinski definition) is 0. The van der Waals surface area contributed by atoms with E-state index in [-0.39, 0.29) is 4.50 Å². The zero-order valence-corrected chi connectivity index (χ0v) is 16.6. The van der Waals surface area contributed by atoms with Crippen LogP contribution < -0.4 is 0 Å². The Morgan fingerprint density at radius 1 is 0.700 bits per heavy atom. The van der Waals surface area contributed by atoms with E-state index >= 15 is 0 Å². The summed E-state index contributed by atoms with van der Waals surface area (Å²) in [5.41, 5.74) is 0. The van der Waals surface area contributed by atoms with Crippen LogP contribution in [0.4, 0.5) is 0 Å². The minimum Gasteiger partial charge on any atom is -0.123 e. The van der Waals surface area contributed by atoms with Gasteiger partial charge in [-0.3, -0.25) is 0 Å². The van der Waals surface area contributed by atoms with Gasteiger partial charge in [-0.25, -0.2) is 0 Å². The lowest BCUT2D eigenvalue weighted by Crippen LogP contribution is -2.52. The van der Waals surface area contributed by atoms with Crippen molar-refractivity contribution in [3.05, 3.63) is 0 Å². The number of halogens is 1. The molecule has 0 heterocycles. The highest BCUT2D eigenvalue weighted by atomic mass is 35.5. The van der Waals surface area contributed by atoms with Gasteiger partial charge in [-0.15, -0.1) is 11.6 Å². The summed E-state index contributed by atoms with van der Waals surface area (Å²) in [5.74, 6) is 0. The van der Waals surface area contributed by atoms with E-state index in [2.05, 4.69) is 34.2 Å². The molecule has 0 aliphatic carbocycles. The number of rotatable bonds is 13. The van der Waals surface area contributed by atoms with Gasteiger partial charge in [-0.1, -0.05) is 97.7 Å². The van der Waals surface area contributed by atoms with E-state index in [4.69, 9.17) is 11.6 Å². The summed E-state index contributed by atoms with van der Waals surface area (Å²) in [6.07, 6.45) is 13.1. The molecule has 0 aromatic heterocycles. The highest BCUT2D eigenvalue weighted by Crippen LogP contribution is 2.44. The Bertz CT molecular complexity index is 187. The molecule has 20 heavy (non-hydrogen) atoms. The largest absolute Gasteiger partial charge is 0.123 e. The highest BCUT2D eigenvalue weighted by molar-refractivity contribution is 6.88. The van der Waals surface area contributed by atoms with Gasteiger partial charge in [0.1, 0.15) is 0 Å². The molecule has 0 saturated heterocycles. The summed E-state index contributed by atoms with van der Waals surface area (Å²) in [6.45, 7) is 11.9. The van der Waals surface area contributed by atoms with Crippen molar-refractivity contribution in [2.75, 3.05) is 0 Å². The van der Waals surface area contributed by atoms with Crippen LogP contribution in [0.2, 0.25) is 18.6 Å². The van der Waals surface area contributed by atoms with E-state index in [0.29, 0.717) is 0 Å². The lowest BCUT2D eigenvalue weighted by atomic mass is 10.1. The minimum atomic E-state index is -1.35. The number of alkyl halides is 1. The smallest absolute Gasteiger partial charge is 0.0748 e. The molecule has 0 saturated carbocycles. The fraction of sp³-hybridized carbons (Fsp3) is 1.00.